The molecule has 0 fully saturated rings. The number of nitrogens with one attached hydrogen (secondary N) is 1. The molecule has 3 rings (SSSR count). The molecule has 0 spiro atoms. The largest absolute Gasteiger partial charge is 0.481 e. The van der Waals surface area contributed by atoms with E-state index in [2.05, 4.69) is 5.32 Å². The number of hydrogen-bond acceptors (Lipinski definition) is 4. The van der Waals surface area contributed by atoms with E-state index in [0.29, 0.717) is 22.7 Å². The average molecular weight is 313 g/mol. The fourth-order valence-electron chi connectivity index (χ4n) is 2.01. The maximum Gasteiger partial charge on any atom is 0.336 e. The molecular weight excluding hydrogens is 301 g/mol. The zero-order valence-corrected chi connectivity index (χ0v) is 11.9. The van der Waals surface area contributed by atoms with Crippen molar-refractivity contribution in [1.29, 1.82) is 0 Å². The summed E-state index contributed by atoms with van der Waals surface area (Å²) < 4.78 is 23.2. The lowest BCUT2D eigenvalue weighted by Crippen LogP contribution is -2.25. The summed E-state index contributed by atoms with van der Waals surface area (Å²) in [6.07, 6.45) is 2.77. The number of carbonyl (C=O) groups is 2. The molecule has 2 aromatic carbocycles. The van der Waals surface area contributed by atoms with Crippen LogP contribution in [0.1, 0.15) is 5.56 Å². The van der Waals surface area contributed by atoms with E-state index in [-0.39, 0.29) is 18.3 Å². The van der Waals surface area contributed by atoms with E-state index in [9.17, 15) is 14.0 Å². The molecule has 0 bridgehead atoms. The van der Waals surface area contributed by atoms with Gasteiger partial charge in [0, 0.05) is 12.1 Å². The molecule has 1 amide bonds. The maximum absolute atomic E-state index is 12.8. The number of rotatable bonds is 3. The summed E-state index contributed by atoms with van der Waals surface area (Å²) in [5.74, 6) is -0.407. The van der Waals surface area contributed by atoms with Crippen molar-refractivity contribution in [3.05, 3.63) is 59.9 Å². The van der Waals surface area contributed by atoms with Crippen molar-refractivity contribution in [2.24, 2.45) is 0 Å². The molecule has 2 aromatic rings. The smallest absolute Gasteiger partial charge is 0.336 e. The first-order chi connectivity index (χ1) is 11.1. The van der Waals surface area contributed by atoms with E-state index in [1.165, 1.54) is 30.4 Å². The number of hydrogen-bond donors (Lipinski definition) is 1. The highest BCUT2D eigenvalue weighted by molar-refractivity contribution is 5.95. The van der Waals surface area contributed by atoms with Crippen molar-refractivity contribution in [3.8, 4) is 11.5 Å². The standard InChI is InChI=1S/C17H12FNO4/c18-12-4-1-11(2-5-12)3-8-17(21)23-13-6-7-14-15(9-13)22-10-16(20)19-14/h1-9H,10H2,(H,19,20)/b8-3+. The van der Waals surface area contributed by atoms with Crippen LogP contribution in [-0.4, -0.2) is 18.5 Å². The summed E-state index contributed by atoms with van der Waals surface area (Å²) in [6, 6.07) is 10.4. The third kappa shape index (κ3) is 3.74. The van der Waals surface area contributed by atoms with E-state index in [4.69, 9.17) is 9.47 Å². The van der Waals surface area contributed by atoms with Gasteiger partial charge >= 0.3 is 5.97 Å². The Balaban J connectivity index is 1.66. The Hall–Kier alpha value is -3.15. The second kappa shape index (κ2) is 6.31. The minimum Gasteiger partial charge on any atom is -0.481 e. The van der Waals surface area contributed by atoms with Crippen molar-refractivity contribution in [1.82, 2.24) is 0 Å². The second-order valence-corrected chi connectivity index (χ2v) is 4.80. The van der Waals surface area contributed by atoms with Crippen molar-refractivity contribution >= 4 is 23.6 Å². The van der Waals surface area contributed by atoms with Crippen LogP contribution >= 0.6 is 0 Å². The SMILES string of the molecule is O=C1COc2cc(OC(=O)/C=C/c3ccc(F)cc3)ccc2N1. The Bertz CT molecular complexity index is 784. The summed E-state index contributed by atoms with van der Waals surface area (Å²) in [4.78, 5) is 23.0. The molecule has 0 aromatic heterocycles. The highest BCUT2D eigenvalue weighted by Gasteiger charge is 2.16. The summed E-state index contributed by atoms with van der Waals surface area (Å²) in [5, 5.41) is 2.64. The molecule has 0 atom stereocenters. The Morgan fingerprint density at radius 3 is 2.78 bits per heavy atom. The summed E-state index contributed by atoms with van der Waals surface area (Å²) in [6.45, 7) is -0.0745. The molecule has 0 radical (unpaired) electrons. The van der Waals surface area contributed by atoms with Gasteiger partial charge in [-0.25, -0.2) is 9.18 Å². The highest BCUT2D eigenvalue weighted by atomic mass is 19.1. The van der Waals surface area contributed by atoms with Gasteiger partial charge in [0.05, 0.1) is 5.69 Å². The number of amides is 1. The van der Waals surface area contributed by atoms with E-state index >= 15 is 0 Å². The van der Waals surface area contributed by atoms with Gasteiger partial charge in [0.1, 0.15) is 17.3 Å². The zero-order chi connectivity index (χ0) is 16.2. The Kier molecular flexibility index (Phi) is 4.05. The lowest BCUT2D eigenvalue weighted by molar-refractivity contribution is -0.129. The zero-order valence-electron chi connectivity index (χ0n) is 11.9. The third-order valence-corrected chi connectivity index (χ3v) is 3.09. The maximum atomic E-state index is 12.8. The monoisotopic (exact) mass is 313 g/mol. The molecule has 5 nitrogen and oxygen atoms in total. The van der Waals surface area contributed by atoms with Gasteiger partial charge in [-0.2, -0.15) is 0 Å². The third-order valence-electron chi connectivity index (χ3n) is 3.09. The molecule has 1 N–H and O–H groups in total. The number of carbonyl (C=O) groups excluding carboxylic acids is 2. The highest BCUT2D eigenvalue weighted by Crippen LogP contribution is 2.31. The number of esters is 1. The molecule has 1 aliphatic rings. The summed E-state index contributed by atoms with van der Waals surface area (Å²) >= 11 is 0. The van der Waals surface area contributed by atoms with Gasteiger partial charge < -0.3 is 14.8 Å². The van der Waals surface area contributed by atoms with Gasteiger partial charge in [-0.3, -0.25) is 4.79 Å². The van der Waals surface area contributed by atoms with Crippen LogP contribution in [0.4, 0.5) is 10.1 Å². The van der Waals surface area contributed by atoms with Gasteiger partial charge in [-0.05, 0) is 35.9 Å². The Labute approximate surface area is 131 Å². The average Bonchev–Trinajstić information content (AvgIpc) is 2.54. The first-order valence-electron chi connectivity index (χ1n) is 6.82. The molecule has 116 valence electrons. The molecule has 0 saturated heterocycles. The molecule has 0 unspecified atom stereocenters. The van der Waals surface area contributed by atoms with Crippen LogP contribution in [0, 0.1) is 5.82 Å². The van der Waals surface area contributed by atoms with Gasteiger partial charge in [0.15, 0.2) is 6.61 Å². The van der Waals surface area contributed by atoms with Crippen LogP contribution in [0.15, 0.2) is 48.5 Å². The predicted octanol–water partition coefficient (Wildman–Crippen LogP) is 2.78. The fraction of sp³-hybridized carbons (Fsp3) is 0.0588. The molecule has 6 heteroatoms. The van der Waals surface area contributed by atoms with Crippen LogP contribution in [-0.2, 0) is 9.59 Å². The van der Waals surface area contributed by atoms with Gasteiger partial charge in [-0.15, -0.1) is 0 Å². The van der Waals surface area contributed by atoms with Crippen molar-refractivity contribution < 1.29 is 23.5 Å². The van der Waals surface area contributed by atoms with E-state index in [0.717, 1.165) is 0 Å². The topological polar surface area (TPSA) is 64.6 Å². The van der Waals surface area contributed by atoms with E-state index in [1.807, 2.05) is 0 Å². The number of fused-ring (bicyclic) bond motifs is 1. The quantitative estimate of drug-likeness (QED) is 0.537. The minimum absolute atomic E-state index is 0.0745. The van der Waals surface area contributed by atoms with Crippen LogP contribution in [0.25, 0.3) is 6.08 Å². The molecule has 0 aliphatic carbocycles. The first-order valence-corrected chi connectivity index (χ1v) is 6.82. The van der Waals surface area contributed by atoms with Crippen LogP contribution in [0.3, 0.4) is 0 Å². The van der Waals surface area contributed by atoms with Gasteiger partial charge in [-0.1, -0.05) is 12.1 Å². The van der Waals surface area contributed by atoms with Crippen molar-refractivity contribution in [3.63, 3.8) is 0 Å². The van der Waals surface area contributed by atoms with E-state index < -0.39 is 5.97 Å². The second-order valence-electron chi connectivity index (χ2n) is 4.80. The lowest BCUT2D eigenvalue weighted by Gasteiger charge is -2.18. The molecule has 1 heterocycles. The normalized spacial score (nSPS) is 13.2. The molecule has 0 saturated carbocycles. The number of ether oxygens (including phenoxy) is 2. The first kappa shape index (κ1) is 14.8. The molecular formula is C17H12FNO4. The van der Waals surface area contributed by atoms with Crippen molar-refractivity contribution in [2.75, 3.05) is 11.9 Å². The van der Waals surface area contributed by atoms with Crippen LogP contribution in [0.2, 0.25) is 0 Å². The Morgan fingerprint density at radius 2 is 2.00 bits per heavy atom. The predicted molar refractivity (Wildman–Crippen MR) is 81.6 cm³/mol. The molecule has 1 aliphatic heterocycles. The number of halogens is 1. The lowest BCUT2D eigenvalue weighted by atomic mass is 10.2. The minimum atomic E-state index is -0.575. The summed E-state index contributed by atoms with van der Waals surface area (Å²) in [5.41, 5.74) is 1.21. The Morgan fingerprint density at radius 1 is 1.22 bits per heavy atom. The molecule has 23 heavy (non-hydrogen) atoms. The van der Waals surface area contributed by atoms with E-state index in [1.54, 1.807) is 24.3 Å². The number of benzene rings is 2. The van der Waals surface area contributed by atoms with Gasteiger partial charge in [0.2, 0.25) is 0 Å². The summed E-state index contributed by atoms with van der Waals surface area (Å²) in [7, 11) is 0. The van der Waals surface area contributed by atoms with Gasteiger partial charge in [0.25, 0.3) is 5.91 Å². The number of anilines is 1. The van der Waals surface area contributed by atoms with Crippen LogP contribution in [0.5, 0.6) is 11.5 Å². The van der Waals surface area contributed by atoms with Crippen molar-refractivity contribution in [2.45, 2.75) is 0 Å². The van der Waals surface area contributed by atoms with Crippen LogP contribution < -0.4 is 14.8 Å². The fourth-order valence-corrected chi connectivity index (χ4v) is 2.01.